The van der Waals surface area contributed by atoms with Crippen LogP contribution in [0.1, 0.15) is 65.1 Å². The number of hydrogen-bond donors (Lipinski definition) is 0. The average Bonchev–Trinajstić information content (AvgIpc) is 3.10. The number of furan rings is 1. The number of halogens is 1. The topological polar surface area (TPSA) is 59.8 Å². The molecule has 1 atom stereocenters. The van der Waals surface area contributed by atoms with Crippen LogP contribution in [0.2, 0.25) is 5.02 Å². The number of likely N-dealkylation sites (tertiary alicyclic amines) is 1. The fourth-order valence-corrected chi connectivity index (χ4v) is 5.01. The maximum absolute atomic E-state index is 13.4. The molecule has 3 aromatic rings. The van der Waals surface area contributed by atoms with Gasteiger partial charge in [0.2, 0.25) is 0 Å². The van der Waals surface area contributed by atoms with Crippen LogP contribution in [0.15, 0.2) is 40.8 Å². The fraction of sp³-hybridized carbons (Fsp3) is 0.385. The Balaban J connectivity index is 1.54. The van der Waals surface area contributed by atoms with Gasteiger partial charge in [-0.05, 0) is 62.4 Å². The SMILES string of the molecule is Cc1c(C(=O)N2CCC(C)CC2)oc2ccc3c(c12)C(=O)CC(C)(c1ccc(Cl)cc1)O3. The molecule has 32 heavy (non-hydrogen) atoms. The van der Waals surface area contributed by atoms with E-state index in [1.54, 1.807) is 24.3 Å². The monoisotopic (exact) mass is 451 g/mol. The van der Waals surface area contributed by atoms with Crippen molar-refractivity contribution in [1.82, 2.24) is 4.90 Å². The number of fused-ring (bicyclic) bond motifs is 3. The molecule has 0 radical (unpaired) electrons. The molecule has 3 heterocycles. The second-order valence-electron chi connectivity index (χ2n) is 9.28. The number of benzene rings is 2. The fourth-order valence-electron chi connectivity index (χ4n) is 4.88. The number of piperidine rings is 1. The Bertz CT molecular complexity index is 1220. The van der Waals surface area contributed by atoms with Crippen LogP contribution in [0.5, 0.6) is 5.75 Å². The molecule has 0 saturated carbocycles. The van der Waals surface area contributed by atoms with Gasteiger partial charge in [-0.15, -0.1) is 0 Å². The summed E-state index contributed by atoms with van der Waals surface area (Å²) in [7, 11) is 0. The minimum Gasteiger partial charge on any atom is -0.482 e. The predicted molar refractivity (Wildman–Crippen MR) is 124 cm³/mol. The maximum atomic E-state index is 13.4. The molecule has 1 aromatic heterocycles. The number of carbonyl (C=O) groups excluding carboxylic acids is 2. The molecule has 0 N–H and O–H groups in total. The molecule has 1 fully saturated rings. The number of Topliss-reactive ketones (excluding diaryl/α,β-unsaturated/α-hetero) is 1. The summed E-state index contributed by atoms with van der Waals surface area (Å²) < 4.78 is 12.4. The van der Waals surface area contributed by atoms with Crippen molar-refractivity contribution in [2.75, 3.05) is 13.1 Å². The molecule has 5 rings (SSSR count). The zero-order valence-electron chi connectivity index (χ0n) is 18.5. The Kier molecular flexibility index (Phi) is 5.05. The number of aryl methyl sites for hydroxylation is 1. The van der Waals surface area contributed by atoms with Gasteiger partial charge >= 0.3 is 0 Å². The van der Waals surface area contributed by atoms with Crippen LogP contribution < -0.4 is 4.74 Å². The number of amides is 1. The number of carbonyl (C=O) groups is 2. The minimum absolute atomic E-state index is 0.0241. The largest absolute Gasteiger partial charge is 0.482 e. The minimum atomic E-state index is -0.789. The van der Waals surface area contributed by atoms with E-state index in [0.717, 1.165) is 31.5 Å². The van der Waals surface area contributed by atoms with Gasteiger partial charge in [0, 0.05) is 29.1 Å². The van der Waals surface area contributed by atoms with Crippen LogP contribution >= 0.6 is 11.6 Å². The van der Waals surface area contributed by atoms with Crippen molar-refractivity contribution >= 4 is 34.3 Å². The maximum Gasteiger partial charge on any atom is 0.289 e. The first-order valence-corrected chi connectivity index (χ1v) is 11.5. The van der Waals surface area contributed by atoms with Gasteiger partial charge in [0.25, 0.3) is 5.91 Å². The van der Waals surface area contributed by atoms with Crippen molar-refractivity contribution < 1.29 is 18.7 Å². The van der Waals surface area contributed by atoms with Crippen LogP contribution in [0.25, 0.3) is 11.0 Å². The van der Waals surface area contributed by atoms with Gasteiger partial charge in [-0.25, -0.2) is 0 Å². The highest BCUT2D eigenvalue weighted by atomic mass is 35.5. The van der Waals surface area contributed by atoms with Crippen molar-refractivity contribution in [2.45, 2.75) is 45.6 Å². The van der Waals surface area contributed by atoms with Gasteiger partial charge in [0.05, 0.1) is 12.0 Å². The van der Waals surface area contributed by atoms with Gasteiger partial charge < -0.3 is 14.1 Å². The van der Waals surface area contributed by atoms with Gasteiger partial charge in [0.1, 0.15) is 16.9 Å². The average molecular weight is 452 g/mol. The summed E-state index contributed by atoms with van der Waals surface area (Å²) in [6.45, 7) is 7.44. The van der Waals surface area contributed by atoms with Gasteiger partial charge in [-0.3, -0.25) is 9.59 Å². The molecule has 2 aromatic carbocycles. The van der Waals surface area contributed by atoms with Crippen LogP contribution in [-0.2, 0) is 5.60 Å². The van der Waals surface area contributed by atoms with Gasteiger partial charge in [-0.2, -0.15) is 0 Å². The van der Waals surface area contributed by atoms with E-state index in [4.69, 9.17) is 20.8 Å². The molecule has 0 aliphatic carbocycles. The van der Waals surface area contributed by atoms with Crippen LogP contribution in [-0.4, -0.2) is 29.7 Å². The third-order valence-electron chi connectivity index (χ3n) is 6.89. The van der Waals surface area contributed by atoms with Crippen molar-refractivity contribution in [3.05, 3.63) is 63.9 Å². The van der Waals surface area contributed by atoms with E-state index < -0.39 is 5.60 Å². The second-order valence-corrected chi connectivity index (χ2v) is 9.72. The normalized spacial score (nSPS) is 21.5. The number of hydrogen-bond acceptors (Lipinski definition) is 4. The first kappa shape index (κ1) is 21.1. The molecule has 5 nitrogen and oxygen atoms in total. The second kappa shape index (κ2) is 7.66. The summed E-state index contributed by atoms with van der Waals surface area (Å²) in [6.07, 6.45) is 2.19. The summed E-state index contributed by atoms with van der Waals surface area (Å²) in [5.74, 6) is 1.34. The Hall–Kier alpha value is -2.79. The van der Waals surface area contributed by atoms with Gasteiger partial charge in [-0.1, -0.05) is 30.7 Å². The molecular formula is C26H26ClNO4. The third-order valence-corrected chi connectivity index (χ3v) is 7.14. The zero-order chi connectivity index (χ0) is 22.6. The molecule has 2 aliphatic rings. The molecule has 0 bridgehead atoms. The molecule has 2 aliphatic heterocycles. The van der Waals surface area contributed by atoms with E-state index in [1.807, 2.05) is 30.9 Å². The first-order valence-electron chi connectivity index (χ1n) is 11.1. The van der Waals surface area contributed by atoms with E-state index in [1.165, 1.54) is 0 Å². The van der Waals surface area contributed by atoms with Crippen molar-refractivity contribution in [1.29, 1.82) is 0 Å². The lowest BCUT2D eigenvalue weighted by Gasteiger charge is -2.35. The highest BCUT2D eigenvalue weighted by molar-refractivity contribution is 6.30. The molecule has 6 heteroatoms. The Morgan fingerprint density at radius 1 is 1.12 bits per heavy atom. The third kappa shape index (κ3) is 3.39. The quantitative estimate of drug-likeness (QED) is 0.469. The number of rotatable bonds is 2. The van der Waals surface area contributed by atoms with E-state index in [0.29, 0.717) is 44.5 Å². The highest BCUT2D eigenvalue weighted by Crippen LogP contribution is 2.44. The Morgan fingerprint density at radius 2 is 1.81 bits per heavy atom. The number of ether oxygens (including phenoxy) is 1. The molecule has 1 saturated heterocycles. The van der Waals surface area contributed by atoms with E-state index in [9.17, 15) is 9.59 Å². The van der Waals surface area contributed by atoms with E-state index in [2.05, 4.69) is 6.92 Å². The van der Waals surface area contributed by atoms with Crippen molar-refractivity contribution in [3.8, 4) is 5.75 Å². The Morgan fingerprint density at radius 3 is 2.50 bits per heavy atom. The zero-order valence-corrected chi connectivity index (χ0v) is 19.3. The number of nitrogens with zero attached hydrogens (tertiary/aromatic N) is 1. The molecule has 1 amide bonds. The van der Waals surface area contributed by atoms with Crippen LogP contribution in [0, 0.1) is 12.8 Å². The highest BCUT2D eigenvalue weighted by Gasteiger charge is 2.40. The predicted octanol–water partition coefficient (Wildman–Crippen LogP) is 6.15. The lowest BCUT2D eigenvalue weighted by molar-refractivity contribution is 0.0507. The molecule has 0 spiro atoms. The smallest absolute Gasteiger partial charge is 0.289 e. The summed E-state index contributed by atoms with van der Waals surface area (Å²) in [6, 6.07) is 10.9. The van der Waals surface area contributed by atoms with E-state index >= 15 is 0 Å². The lowest BCUT2D eigenvalue weighted by Crippen LogP contribution is -2.38. The van der Waals surface area contributed by atoms with Crippen molar-refractivity contribution in [3.63, 3.8) is 0 Å². The molecular weight excluding hydrogens is 426 g/mol. The summed E-state index contributed by atoms with van der Waals surface area (Å²) in [4.78, 5) is 28.4. The van der Waals surface area contributed by atoms with E-state index in [-0.39, 0.29) is 18.1 Å². The molecule has 1 unspecified atom stereocenters. The summed E-state index contributed by atoms with van der Waals surface area (Å²) in [5, 5.41) is 1.32. The van der Waals surface area contributed by atoms with Crippen LogP contribution in [0.4, 0.5) is 0 Å². The first-order chi connectivity index (χ1) is 15.3. The van der Waals surface area contributed by atoms with Crippen molar-refractivity contribution in [2.24, 2.45) is 5.92 Å². The number of ketones is 1. The lowest BCUT2D eigenvalue weighted by atomic mass is 9.84. The van der Waals surface area contributed by atoms with Crippen LogP contribution in [0.3, 0.4) is 0 Å². The molecule has 166 valence electrons. The summed E-state index contributed by atoms with van der Waals surface area (Å²) >= 11 is 6.03. The standard InChI is InChI=1S/C26H26ClNO4/c1-15-10-12-28(13-11-15)25(30)24-16(2)22-20(31-24)8-9-21-23(22)19(29)14-26(3,32-21)17-4-6-18(27)7-5-17/h4-9,15H,10-14H2,1-3H3. The summed E-state index contributed by atoms with van der Waals surface area (Å²) in [5.41, 5.74) is 1.85. The van der Waals surface area contributed by atoms with Gasteiger partial charge in [0.15, 0.2) is 11.5 Å². The Labute approximate surface area is 192 Å².